The molecule has 0 spiro atoms. The maximum Gasteiger partial charge on any atom is 0.166 e. The molecule has 0 unspecified atom stereocenters. The van der Waals surface area contributed by atoms with Crippen molar-refractivity contribution < 1.29 is 9.47 Å². The molecule has 1 aliphatic heterocycles. The van der Waals surface area contributed by atoms with Crippen LogP contribution in [-0.2, 0) is 9.47 Å². The molecule has 0 bridgehead atoms. The van der Waals surface area contributed by atoms with E-state index in [2.05, 4.69) is 0 Å². The van der Waals surface area contributed by atoms with Gasteiger partial charge in [-0.15, -0.1) is 0 Å². The van der Waals surface area contributed by atoms with Gasteiger partial charge in [0.05, 0.1) is 13.2 Å². The fourth-order valence-corrected chi connectivity index (χ4v) is 0.963. The number of hydrogen-bond acceptors (Lipinski definition) is 3. The maximum absolute atomic E-state index is 5.33. The zero-order chi connectivity index (χ0) is 6.74. The molecule has 0 aromatic heterocycles. The molecule has 9 heavy (non-hydrogen) atoms. The summed E-state index contributed by atoms with van der Waals surface area (Å²) in [6.07, 6.45) is 0.785. The summed E-state index contributed by atoms with van der Waals surface area (Å²) in [6, 6.07) is 0. The number of nitrogens with two attached hydrogens (primary N) is 1. The number of rotatable bonds is 2. The van der Waals surface area contributed by atoms with E-state index < -0.39 is 0 Å². The van der Waals surface area contributed by atoms with Crippen LogP contribution in [0, 0.1) is 0 Å². The monoisotopic (exact) mass is 131 g/mol. The minimum Gasteiger partial charge on any atom is -0.348 e. The van der Waals surface area contributed by atoms with E-state index in [0.29, 0.717) is 19.8 Å². The van der Waals surface area contributed by atoms with Crippen molar-refractivity contribution in [3.05, 3.63) is 0 Å². The molecule has 1 saturated heterocycles. The zero-order valence-electron chi connectivity index (χ0n) is 5.72. The Balaban J connectivity index is 2.32. The Kier molecular flexibility index (Phi) is 2.05. The van der Waals surface area contributed by atoms with Crippen LogP contribution in [0.25, 0.3) is 0 Å². The molecule has 1 fully saturated rings. The van der Waals surface area contributed by atoms with E-state index in [1.165, 1.54) is 0 Å². The summed E-state index contributed by atoms with van der Waals surface area (Å²) in [5.74, 6) is -0.380. The maximum atomic E-state index is 5.33. The lowest BCUT2D eigenvalue weighted by molar-refractivity contribution is -0.144. The van der Waals surface area contributed by atoms with E-state index in [9.17, 15) is 0 Å². The van der Waals surface area contributed by atoms with Gasteiger partial charge in [0.2, 0.25) is 0 Å². The summed E-state index contributed by atoms with van der Waals surface area (Å²) in [6.45, 7) is 3.95. The third-order valence-corrected chi connectivity index (χ3v) is 1.50. The van der Waals surface area contributed by atoms with Gasteiger partial charge in [0.25, 0.3) is 0 Å². The molecule has 0 radical (unpaired) electrons. The van der Waals surface area contributed by atoms with Crippen LogP contribution in [0.4, 0.5) is 0 Å². The summed E-state index contributed by atoms with van der Waals surface area (Å²) in [7, 11) is 0. The van der Waals surface area contributed by atoms with Gasteiger partial charge in [-0.2, -0.15) is 0 Å². The molecule has 0 aromatic carbocycles. The van der Waals surface area contributed by atoms with E-state index in [0.717, 1.165) is 6.42 Å². The average molecular weight is 131 g/mol. The number of ether oxygens (including phenoxy) is 2. The third-order valence-electron chi connectivity index (χ3n) is 1.50. The normalized spacial score (nSPS) is 24.7. The Hall–Kier alpha value is -0.120. The minimum atomic E-state index is -0.380. The molecular weight excluding hydrogens is 118 g/mol. The largest absolute Gasteiger partial charge is 0.348 e. The fraction of sp³-hybridized carbons (Fsp3) is 1.00. The Morgan fingerprint density at radius 2 is 2.00 bits per heavy atom. The molecule has 0 atom stereocenters. The van der Waals surface area contributed by atoms with Gasteiger partial charge < -0.3 is 15.2 Å². The van der Waals surface area contributed by atoms with Crippen molar-refractivity contribution in [3.8, 4) is 0 Å². The average Bonchev–Trinajstić information content (AvgIpc) is 2.16. The van der Waals surface area contributed by atoms with E-state index in [1.54, 1.807) is 0 Å². The highest BCUT2D eigenvalue weighted by Crippen LogP contribution is 2.20. The Bertz CT molecular complexity index is 89.1. The highest BCUT2D eigenvalue weighted by molar-refractivity contribution is 4.67. The van der Waals surface area contributed by atoms with Gasteiger partial charge in [-0.05, 0) is 13.5 Å². The molecule has 1 heterocycles. The molecule has 3 nitrogen and oxygen atoms in total. The second kappa shape index (κ2) is 2.64. The molecule has 1 aliphatic rings. The van der Waals surface area contributed by atoms with Crippen LogP contribution in [0.5, 0.6) is 0 Å². The lowest BCUT2D eigenvalue weighted by Gasteiger charge is -2.20. The van der Waals surface area contributed by atoms with Crippen molar-refractivity contribution in [2.24, 2.45) is 5.73 Å². The minimum absolute atomic E-state index is 0.380. The Labute approximate surface area is 55.1 Å². The summed E-state index contributed by atoms with van der Waals surface area (Å²) in [4.78, 5) is 0. The predicted octanol–water partition coefficient (Wildman–Crippen LogP) is 0.0982. The van der Waals surface area contributed by atoms with Crippen LogP contribution in [0.1, 0.15) is 13.3 Å². The molecule has 0 aliphatic carbocycles. The molecule has 0 aromatic rings. The molecule has 0 saturated carbocycles. The van der Waals surface area contributed by atoms with E-state index in [1.807, 2.05) is 6.92 Å². The van der Waals surface area contributed by atoms with Crippen LogP contribution in [-0.4, -0.2) is 25.5 Å². The van der Waals surface area contributed by atoms with E-state index >= 15 is 0 Å². The van der Waals surface area contributed by atoms with Crippen molar-refractivity contribution in [1.82, 2.24) is 0 Å². The van der Waals surface area contributed by atoms with Gasteiger partial charge in [0, 0.05) is 6.42 Å². The van der Waals surface area contributed by atoms with Gasteiger partial charge in [-0.25, -0.2) is 0 Å². The summed E-state index contributed by atoms with van der Waals surface area (Å²) in [5.41, 5.74) is 5.33. The molecule has 54 valence electrons. The quantitative estimate of drug-likeness (QED) is 0.578. The molecule has 2 N–H and O–H groups in total. The molecule has 0 amide bonds. The second-order valence-electron chi connectivity index (χ2n) is 2.37. The first-order valence-electron chi connectivity index (χ1n) is 3.25. The van der Waals surface area contributed by atoms with Gasteiger partial charge in [0.15, 0.2) is 5.79 Å². The van der Waals surface area contributed by atoms with Crippen molar-refractivity contribution >= 4 is 0 Å². The fourth-order valence-electron chi connectivity index (χ4n) is 0.963. The Morgan fingerprint density at radius 3 is 2.44 bits per heavy atom. The van der Waals surface area contributed by atoms with Crippen molar-refractivity contribution in [2.45, 2.75) is 19.1 Å². The highest BCUT2D eigenvalue weighted by atomic mass is 16.7. The SMILES string of the molecule is CC1(CCN)OCCO1. The van der Waals surface area contributed by atoms with E-state index in [4.69, 9.17) is 15.2 Å². The summed E-state index contributed by atoms with van der Waals surface area (Å²) in [5, 5.41) is 0. The van der Waals surface area contributed by atoms with Crippen LogP contribution in [0.15, 0.2) is 0 Å². The smallest absolute Gasteiger partial charge is 0.166 e. The van der Waals surface area contributed by atoms with Gasteiger partial charge >= 0.3 is 0 Å². The predicted molar refractivity (Wildman–Crippen MR) is 34.0 cm³/mol. The summed E-state index contributed by atoms with van der Waals surface area (Å²) < 4.78 is 10.6. The van der Waals surface area contributed by atoms with Crippen LogP contribution >= 0.6 is 0 Å². The third kappa shape index (κ3) is 1.64. The first kappa shape index (κ1) is 6.99. The van der Waals surface area contributed by atoms with Gasteiger partial charge in [-0.1, -0.05) is 0 Å². The second-order valence-corrected chi connectivity index (χ2v) is 2.37. The lowest BCUT2D eigenvalue weighted by atomic mass is 10.2. The summed E-state index contributed by atoms with van der Waals surface area (Å²) >= 11 is 0. The van der Waals surface area contributed by atoms with Gasteiger partial charge in [-0.3, -0.25) is 0 Å². The highest BCUT2D eigenvalue weighted by Gasteiger charge is 2.29. The first-order chi connectivity index (χ1) is 4.27. The molecular formula is C6H13NO2. The van der Waals surface area contributed by atoms with Crippen LogP contribution in [0.2, 0.25) is 0 Å². The number of hydrogen-bond donors (Lipinski definition) is 1. The van der Waals surface area contributed by atoms with Crippen molar-refractivity contribution in [2.75, 3.05) is 19.8 Å². The molecule has 1 rings (SSSR count). The van der Waals surface area contributed by atoms with Gasteiger partial charge in [0.1, 0.15) is 0 Å². The molecule has 3 heteroatoms. The lowest BCUT2D eigenvalue weighted by Crippen LogP contribution is -2.28. The first-order valence-corrected chi connectivity index (χ1v) is 3.25. The standard InChI is InChI=1S/C6H13NO2/c1-6(2-3-7)8-4-5-9-6/h2-5,7H2,1H3. The topological polar surface area (TPSA) is 44.5 Å². The van der Waals surface area contributed by atoms with E-state index in [-0.39, 0.29) is 5.79 Å². The Morgan fingerprint density at radius 1 is 1.44 bits per heavy atom. The van der Waals surface area contributed by atoms with Crippen molar-refractivity contribution in [1.29, 1.82) is 0 Å². The van der Waals surface area contributed by atoms with Crippen LogP contribution < -0.4 is 5.73 Å². The van der Waals surface area contributed by atoms with Crippen molar-refractivity contribution in [3.63, 3.8) is 0 Å². The van der Waals surface area contributed by atoms with Crippen LogP contribution in [0.3, 0.4) is 0 Å². The zero-order valence-corrected chi connectivity index (χ0v) is 5.72.